The largest absolute Gasteiger partial charge is 0.309 e. The highest BCUT2D eigenvalue weighted by Gasteiger charge is 2.21. The van der Waals surface area contributed by atoms with E-state index in [1.54, 1.807) is 0 Å². The van der Waals surface area contributed by atoms with Crippen molar-refractivity contribution in [1.82, 2.24) is 24.5 Å². The van der Waals surface area contributed by atoms with Crippen LogP contribution in [0.15, 0.2) is 146 Å². The van der Waals surface area contributed by atoms with Gasteiger partial charge in [0.1, 0.15) is 0 Å². The van der Waals surface area contributed by atoms with Gasteiger partial charge in [-0.3, -0.25) is 4.98 Å². The predicted molar refractivity (Wildman–Crippen MR) is 192 cm³/mol. The Morgan fingerprint density at radius 3 is 1.72 bits per heavy atom. The SMILES string of the molecule is CC(C)(C)c1ccc2c(c1)c1ccccc1n2-c1cc(-c2nc(-c3ccccc3)nc(-c3ccccc3)n2)ccc1-c1cccnc1. The number of benzene rings is 5. The lowest BCUT2D eigenvalue weighted by Crippen LogP contribution is -2.10. The summed E-state index contributed by atoms with van der Waals surface area (Å²) in [6.07, 6.45) is 3.74. The molecule has 0 aliphatic carbocycles. The van der Waals surface area contributed by atoms with Crippen molar-refractivity contribution in [2.45, 2.75) is 26.2 Å². The summed E-state index contributed by atoms with van der Waals surface area (Å²) in [7, 11) is 0. The van der Waals surface area contributed by atoms with Gasteiger partial charge in [0.15, 0.2) is 17.5 Å². The van der Waals surface area contributed by atoms with Crippen molar-refractivity contribution in [3.05, 3.63) is 151 Å². The molecular weight excluding hydrogens is 574 g/mol. The summed E-state index contributed by atoms with van der Waals surface area (Å²) in [5.41, 5.74) is 9.56. The molecule has 5 aromatic carbocycles. The van der Waals surface area contributed by atoms with Crippen molar-refractivity contribution in [3.63, 3.8) is 0 Å². The van der Waals surface area contributed by atoms with Crippen LogP contribution in [-0.2, 0) is 5.41 Å². The molecule has 5 heteroatoms. The number of fused-ring (bicyclic) bond motifs is 3. The lowest BCUT2D eigenvalue weighted by atomic mass is 9.86. The highest BCUT2D eigenvalue weighted by Crippen LogP contribution is 2.39. The summed E-state index contributed by atoms with van der Waals surface area (Å²) in [5.74, 6) is 1.89. The van der Waals surface area contributed by atoms with Crippen LogP contribution in [0, 0.1) is 0 Å². The van der Waals surface area contributed by atoms with Gasteiger partial charge in [0.25, 0.3) is 0 Å². The van der Waals surface area contributed by atoms with E-state index in [0.717, 1.165) is 44.5 Å². The second kappa shape index (κ2) is 11.5. The molecule has 226 valence electrons. The first-order chi connectivity index (χ1) is 22.9. The van der Waals surface area contributed by atoms with Gasteiger partial charge in [-0.1, -0.05) is 124 Å². The van der Waals surface area contributed by atoms with Crippen molar-refractivity contribution in [2.75, 3.05) is 0 Å². The van der Waals surface area contributed by atoms with Crippen molar-refractivity contribution < 1.29 is 0 Å². The van der Waals surface area contributed by atoms with Gasteiger partial charge in [0, 0.05) is 51.0 Å². The number of hydrogen-bond donors (Lipinski definition) is 0. The fourth-order valence-corrected chi connectivity index (χ4v) is 6.26. The standard InChI is InChI=1S/C42H33N5/c1-42(2,3)32-21-23-37-35(26-32)34-18-10-11-19-36(34)47(37)38-25-30(20-22-33(38)31-17-12-24-43-27-31)41-45-39(28-13-6-4-7-14-28)44-40(46-41)29-15-8-5-9-16-29/h4-27H,1-3H3. The van der Waals surface area contributed by atoms with Crippen LogP contribution in [-0.4, -0.2) is 24.5 Å². The second-order valence-corrected chi connectivity index (χ2v) is 12.8. The molecule has 0 radical (unpaired) electrons. The van der Waals surface area contributed by atoms with Crippen LogP contribution >= 0.6 is 0 Å². The van der Waals surface area contributed by atoms with Gasteiger partial charge in [-0.15, -0.1) is 0 Å². The van der Waals surface area contributed by atoms with E-state index in [2.05, 4.69) is 97.1 Å². The highest BCUT2D eigenvalue weighted by molar-refractivity contribution is 6.10. The number of para-hydroxylation sites is 1. The van der Waals surface area contributed by atoms with Crippen LogP contribution in [0.25, 0.3) is 72.8 Å². The van der Waals surface area contributed by atoms with E-state index < -0.39 is 0 Å². The molecule has 0 spiro atoms. The Morgan fingerprint density at radius 1 is 0.489 bits per heavy atom. The van der Waals surface area contributed by atoms with Crippen LogP contribution in [0.4, 0.5) is 0 Å². The molecule has 8 aromatic rings. The first kappa shape index (κ1) is 28.5. The molecule has 47 heavy (non-hydrogen) atoms. The molecule has 0 aliphatic rings. The molecule has 0 bridgehead atoms. The number of aromatic nitrogens is 5. The second-order valence-electron chi connectivity index (χ2n) is 12.8. The highest BCUT2D eigenvalue weighted by atomic mass is 15.0. The third-order valence-electron chi connectivity index (χ3n) is 8.71. The van der Waals surface area contributed by atoms with E-state index in [9.17, 15) is 0 Å². The third kappa shape index (κ3) is 5.26. The molecule has 3 aromatic heterocycles. The van der Waals surface area contributed by atoms with Gasteiger partial charge in [-0.25, -0.2) is 15.0 Å². The Kier molecular flexibility index (Phi) is 6.95. The molecule has 3 heterocycles. The first-order valence-corrected chi connectivity index (χ1v) is 15.9. The van der Waals surface area contributed by atoms with Gasteiger partial charge in [-0.2, -0.15) is 0 Å². The van der Waals surface area contributed by atoms with Crippen molar-refractivity contribution in [2.24, 2.45) is 0 Å². The summed E-state index contributed by atoms with van der Waals surface area (Å²) in [4.78, 5) is 19.5. The molecule has 0 N–H and O–H groups in total. The van der Waals surface area contributed by atoms with Gasteiger partial charge in [0.05, 0.1) is 16.7 Å². The van der Waals surface area contributed by atoms with E-state index in [4.69, 9.17) is 15.0 Å². The van der Waals surface area contributed by atoms with Gasteiger partial charge in [0.2, 0.25) is 0 Å². The smallest absolute Gasteiger partial charge is 0.164 e. The first-order valence-electron chi connectivity index (χ1n) is 15.9. The zero-order valence-electron chi connectivity index (χ0n) is 26.6. The molecule has 8 rings (SSSR count). The zero-order valence-corrected chi connectivity index (χ0v) is 26.6. The van der Waals surface area contributed by atoms with E-state index in [1.807, 2.05) is 79.1 Å². The normalized spacial score (nSPS) is 11.7. The summed E-state index contributed by atoms with van der Waals surface area (Å²) in [6, 6.07) is 46.3. The lowest BCUT2D eigenvalue weighted by molar-refractivity contribution is 0.591. The number of hydrogen-bond acceptors (Lipinski definition) is 4. The van der Waals surface area contributed by atoms with Crippen molar-refractivity contribution >= 4 is 21.8 Å². The van der Waals surface area contributed by atoms with Crippen LogP contribution in [0.1, 0.15) is 26.3 Å². The van der Waals surface area contributed by atoms with Crippen molar-refractivity contribution in [1.29, 1.82) is 0 Å². The number of pyridine rings is 1. The Hall–Kier alpha value is -5.94. The van der Waals surface area contributed by atoms with E-state index in [1.165, 1.54) is 16.3 Å². The molecule has 0 atom stereocenters. The molecule has 0 amide bonds. The predicted octanol–water partition coefficient (Wildman–Crippen LogP) is 10.3. The number of nitrogens with zero attached hydrogens (tertiary/aromatic N) is 5. The van der Waals surface area contributed by atoms with Crippen LogP contribution in [0.2, 0.25) is 0 Å². The minimum Gasteiger partial charge on any atom is -0.309 e. The Balaban J connectivity index is 1.41. The zero-order chi connectivity index (χ0) is 32.0. The average molecular weight is 608 g/mol. The lowest BCUT2D eigenvalue weighted by Gasteiger charge is -2.19. The summed E-state index contributed by atoms with van der Waals surface area (Å²) < 4.78 is 2.38. The molecule has 0 saturated carbocycles. The van der Waals surface area contributed by atoms with E-state index in [0.29, 0.717) is 17.5 Å². The van der Waals surface area contributed by atoms with Crippen LogP contribution < -0.4 is 0 Å². The third-order valence-corrected chi connectivity index (χ3v) is 8.71. The van der Waals surface area contributed by atoms with E-state index >= 15 is 0 Å². The summed E-state index contributed by atoms with van der Waals surface area (Å²) in [5, 5.41) is 2.45. The Labute approximate surface area is 274 Å². The fourth-order valence-electron chi connectivity index (χ4n) is 6.26. The number of rotatable bonds is 5. The van der Waals surface area contributed by atoms with E-state index in [-0.39, 0.29) is 5.41 Å². The quantitative estimate of drug-likeness (QED) is 0.195. The minimum atomic E-state index is 0.0315. The maximum atomic E-state index is 5.04. The summed E-state index contributed by atoms with van der Waals surface area (Å²) in [6.45, 7) is 6.79. The summed E-state index contributed by atoms with van der Waals surface area (Å²) >= 11 is 0. The maximum Gasteiger partial charge on any atom is 0.164 e. The Bertz CT molecular complexity index is 2310. The Morgan fingerprint density at radius 2 is 1.09 bits per heavy atom. The molecule has 5 nitrogen and oxygen atoms in total. The fraction of sp³-hybridized carbons (Fsp3) is 0.0952. The molecule has 0 saturated heterocycles. The van der Waals surface area contributed by atoms with Crippen LogP contribution in [0.3, 0.4) is 0 Å². The van der Waals surface area contributed by atoms with Gasteiger partial charge < -0.3 is 4.57 Å². The topological polar surface area (TPSA) is 56.5 Å². The molecule has 0 fully saturated rings. The monoisotopic (exact) mass is 607 g/mol. The molecule has 0 aliphatic heterocycles. The van der Waals surface area contributed by atoms with Crippen LogP contribution in [0.5, 0.6) is 0 Å². The average Bonchev–Trinajstić information content (AvgIpc) is 3.45. The molecule has 0 unspecified atom stereocenters. The van der Waals surface area contributed by atoms with Gasteiger partial charge >= 0.3 is 0 Å². The molecular formula is C42H33N5. The minimum absolute atomic E-state index is 0.0315. The van der Waals surface area contributed by atoms with Crippen molar-refractivity contribution in [3.8, 4) is 51.0 Å². The maximum absolute atomic E-state index is 5.04. The van der Waals surface area contributed by atoms with Gasteiger partial charge in [-0.05, 0) is 41.3 Å².